The lowest BCUT2D eigenvalue weighted by Crippen LogP contribution is -2.47. The number of aliphatic hydroxyl groups excluding tert-OH is 2. The second-order valence-electron chi connectivity index (χ2n) is 4.51. The van der Waals surface area contributed by atoms with Crippen molar-refractivity contribution < 1.29 is 23.4 Å². The Bertz CT molecular complexity index is 372. The molecule has 1 saturated heterocycles. The molecule has 8 heteroatoms. The number of nitrogens with zero attached hydrogens (tertiary/aromatic N) is 1. The summed E-state index contributed by atoms with van der Waals surface area (Å²) in [7, 11) is -3.19. The summed E-state index contributed by atoms with van der Waals surface area (Å²) in [5, 5.41) is 20.3. The van der Waals surface area contributed by atoms with Crippen molar-refractivity contribution in [1.29, 1.82) is 0 Å². The first-order valence-electron chi connectivity index (χ1n) is 5.85. The standard InChI is InChI=1S/C10H20N2O5S/c1-18(16,17)12-4-2-8(3-5-12)10(15)11-9(6-13)7-14/h8-9,13-14H,2-7H2,1H3,(H,11,15). The number of hydrogen-bond donors (Lipinski definition) is 3. The molecule has 0 bridgehead atoms. The predicted molar refractivity (Wildman–Crippen MR) is 65.2 cm³/mol. The summed E-state index contributed by atoms with van der Waals surface area (Å²) < 4.78 is 23.9. The van der Waals surface area contributed by atoms with Gasteiger partial charge >= 0.3 is 0 Å². The van der Waals surface area contributed by atoms with Crippen molar-refractivity contribution in [3.8, 4) is 0 Å². The van der Waals surface area contributed by atoms with E-state index in [1.54, 1.807) is 0 Å². The van der Waals surface area contributed by atoms with Gasteiger partial charge in [-0.25, -0.2) is 12.7 Å². The lowest BCUT2D eigenvalue weighted by molar-refractivity contribution is -0.127. The van der Waals surface area contributed by atoms with Crippen LogP contribution < -0.4 is 5.32 Å². The maximum absolute atomic E-state index is 11.8. The average molecular weight is 280 g/mol. The second-order valence-corrected chi connectivity index (χ2v) is 6.49. The van der Waals surface area contributed by atoms with Crippen molar-refractivity contribution in [3.05, 3.63) is 0 Å². The number of amides is 1. The van der Waals surface area contributed by atoms with Crippen molar-refractivity contribution in [1.82, 2.24) is 9.62 Å². The fourth-order valence-electron chi connectivity index (χ4n) is 1.92. The summed E-state index contributed by atoms with van der Waals surface area (Å²) in [5.74, 6) is -0.500. The molecule has 0 aromatic rings. The van der Waals surface area contributed by atoms with Gasteiger partial charge in [-0.15, -0.1) is 0 Å². The fraction of sp³-hybridized carbons (Fsp3) is 0.900. The van der Waals surface area contributed by atoms with Crippen molar-refractivity contribution >= 4 is 15.9 Å². The monoisotopic (exact) mass is 280 g/mol. The largest absolute Gasteiger partial charge is 0.394 e. The molecule has 7 nitrogen and oxygen atoms in total. The zero-order valence-corrected chi connectivity index (χ0v) is 11.2. The summed E-state index contributed by atoms with van der Waals surface area (Å²) in [4.78, 5) is 11.8. The molecular weight excluding hydrogens is 260 g/mol. The molecule has 1 amide bonds. The van der Waals surface area contributed by atoms with E-state index < -0.39 is 16.1 Å². The fourth-order valence-corrected chi connectivity index (χ4v) is 2.79. The highest BCUT2D eigenvalue weighted by Crippen LogP contribution is 2.19. The Balaban J connectivity index is 2.45. The second kappa shape index (κ2) is 6.46. The van der Waals surface area contributed by atoms with Crippen LogP contribution in [0.2, 0.25) is 0 Å². The highest BCUT2D eigenvalue weighted by atomic mass is 32.2. The Morgan fingerprint density at radius 3 is 2.22 bits per heavy atom. The van der Waals surface area contributed by atoms with Gasteiger partial charge in [0.25, 0.3) is 0 Å². The first-order valence-corrected chi connectivity index (χ1v) is 7.70. The summed E-state index contributed by atoms with van der Waals surface area (Å²) in [6, 6.07) is -0.648. The number of aliphatic hydroxyl groups is 2. The van der Waals surface area contributed by atoms with Crippen LogP contribution in [-0.4, -0.2) is 67.4 Å². The van der Waals surface area contributed by atoms with Crippen LogP contribution in [0.1, 0.15) is 12.8 Å². The molecule has 1 fully saturated rings. The Morgan fingerprint density at radius 1 is 1.33 bits per heavy atom. The summed E-state index contributed by atoms with van der Waals surface area (Å²) >= 11 is 0. The van der Waals surface area contributed by atoms with E-state index in [1.807, 2.05) is 0 Å². The van der Waals surface area contributed by atoms with Crippen LogP contribution >= 0.6 is 0 Å². The van der Waals surface area contributed by atoms with Crippen LogP contribution in [0.4, 0.5) is 0 Å². The SMILES string of the molecule is CS(=O)(=O)N1CCC(C(=O)NC(CO)CO)CC1. The molecule has 3 N–H and O–H groups in total. The number of carbonyl (C=O) groups excluding carboxylic acids is 1. The van der Waals surface area contributed by atoms with Gasteiger partial charge in [0.15, 0.2) is 0 Å². The minimum atomic E-state index is -3.19. The molecule has 0 radical (unpaired) electrons. The summed E-state index contributed by atoms with van der Waals surface area (Å²) in [6.07, 6.45) is 2.08. The lowest BCUT2D eigenvalue weighted by Gasteiger charge is -2.30. The predicted octanol–water partition coefficient (Wildman–Crippen LogP) is -1.87. The third-order valence-corrected chi connectivity index (χ3v) is 4.38. The molecule has 1 rings (SSSR count). The van der Waals surface area contributed by atoms with Gasteiger partial charge in [0.1, 0.15) is 0 Å². The van der Waals surface area contributed by atoms with E-state index >= 15 is 0 Å². The highest BCUT2D eigenvalue weighted by molar-refractivity contribution is 7.88. The molecule has 0 spiro atoms. The summed E-state index contributed by atoms with van der Waals surface area (Å²) in [5.41, 5.74) is 0. The average Bonchev–Trinajstić information content (AvgIpc) is 2.34. The van der Waals surface area contributed by atoms with Gasteiger partial charge in [0.2, 0.25) is 15.9 Å². The van der Waals surface area contributed by atoms with E-state index in [0.717, 1.165) is 6.26 Å². The molecular formula is C10H20N2O5S. The number of hydrogen-bond acceptors (Lipinski definition) is 5. The molecule has 18 heavy (non-hydrogen) atoms. The van der Waals surface area contributed by atoms with E-state index in [1.165, 1.54) is 4.31 Å². The van der Waals surface area contributed by atoms with Gasteiger partial charge in [-0.2, -0.15) is 0 Å². The van der Waals surface area contributed by atoms with E-state index in [9.17, 15) is 13.2 Å². The van der Waals surface area contributed by atoms with Crippen LogP contribution in [0.5, 0.6) is 0 Å². The number of carbonyl (C=O) groups is 1. The molecule has 0 aromatic heterocycles. The first-order chi connectivity index (χ1) is 8.38. The van der Waals surface area contributed by atoms with Crippen molar-refractivity contribution in [3.63, 3.8) is 0 Å². The lowest BCUT2D eigenvalue weighted by atomic mass is 9.97. The minimum absolute atomic E-state index is 0.240. The Hall–Kier alpha value is -0.700. The number of nitrogens with one attached hydrogen (secondary N) is 1. The Labute approximate surface area is 107 Å². The molecule has 0 aromatic carbocycles. The van der Waals surface area contributed by atoms with Crippen LogP contribution in [0.15, 0.2) is 0 Å². The van der Waals surface area contributed by atoms with Crippen LogP contribution in [-0.2, 0) is 14.8 Å². The molecule has 1 heterocycles. The quantitative estimate of drug-likeness (QED) is 0.547. The minimum Gasteiger partial charge on any atom is -0.394 e. The van der Waals surface area contributed by atoms with Gasteiger partial charge in [-0.3, -0.25) is 4.79 Å². The third-order valence-electron chi connectivity index (χ3n) is 3.08. The maximum Gasteiger partial charge on any atom is 0.223 e. The zero-order valence-electron chi connectivity index (χ0n) is 10.4. The van der Waals surface area contributed by atoms with Gasteiger partial charge in [0, 0.05) is 19.0 Å². The molecule has 0 unspecified atom stereocenters. The van der Waals surface area contributed by atoms with Crippen molar-refractivity contribution in [2.45, 2.75) is 18.9 Å². The van der Waals surface area contributed by atoms with Crippen molar-refractivity contribution in [2.24, 2.45) is 5.92 Å². The number of sulfonamides is 1. The van der Waals surface area contributed by atoms with Gasteiger partial charge in [-0.1, -0.05) is 0 Å². The van der Waals surface area contributed by atoms with E-state index in [-0.39, 0.29) is 25.0 Å². The smallest absolute Gasteiger partial charge is 0.223 e. The molecule has 1 aliphatic rings. The van der Waals surface area contributed by atoms with Gasteiger partial charge in [-0.05, 0) is 12.8 Å². The van der Waals surface area contributed by atoms with Crippen LogP contribution in [0.25, 0.3) is 0 Å². The zero-order chi connectivity index (χ0) is 13.8. The molecule has 106 valence electrons. The number of piperidine rings is 1. The third kappa shape index (κ3) is 4.20. The van der Waals surface area contributed by atoms with E-state index in [2.05, 4.69) is 5.32 Å². The Kier molecular flexibility index (Phi) is 5.51. The van der Waals surface area contributed by atoms with Crippen LogP contribution in [0.3, 0.4) is 0 Å². The molecule has 0 aliphatic carbocycles. The summed E-state index contributed by atoms with van der Waals surface area (Å²) in [6.45, 7) is 0.0362. The normalized spacial score (nSPS) is 19.1. The van der Waals surface area contributed by atoms with Crippen LogP contribution in [0, 0.1) is 5.92 Å². The van der Waals surface area contributed by atoms with E-state index in [0.29, 0.717) is 25.9 Å². The number of rotatable bonds is 5. The topological polar surface area (TPSA) is 107 Å². The Morgan fingerprint density at radius 2 is 1.83 bits per heavy atom. The van der Waals surface area contributed by atoms with E-state index in [4.69, 9.17) is 10.2 Å². The highest BCUT2D eigenvalue weighted by Gasteiger charge is 2.29. The molecule has 1 aliphatic heterocycles. The van der Waals surface area contributed by atoms with Crippen molar-refractivity contribution in [2.75, 3.05) is 32.6 Å². The van der Waals surface area contributed by atoms with Gasteiger partial charge < -0.3 is 15.5 Å². The van der Waals surface area contributed by atoms with Gasteiger partial charge in [0.05, 0.1) is 25.5 Å². The molecule has 0 atom stereocenters. The molecule has 0 saturated carbocycles. The first kappa shape index (κ1) is 15.4. The maximum atomic E-state index is 11.8.